The molecule has 0 aliphatic rings. The lowest BCUT2D eigenvalue weighted by atomic mass is 10.0. The summed E-state index contributed by atoms with van der Waals surface area (Å²) in [4.78, 5) is 12.1. The number of benzene rings is 1. The van der Waals surface area contributed by atoms with E-state index >= 15 is 0 Å². The van der Waals surface area contributed by atoms with E-state index in [1.165, 1.54) is 10.5 Å². The van der Waals surface area contributed by atoms with Gasteiger partial charge in [0, 0.05) is 6.20 Å². The van der Waals surface area contributed by atoms with Gasteiger partial charge >= 0.3 is 6.18 Å². The zero-order chi connectivity index (χ0) is 20.3. The molecule has 2 heterocycles. The third-order valence-corrected chi connectivity index (χ3v) is 4.14. The van der Waals surface area contributed by atoms with Crippen molar-refractivity contribution in [1.82, 2.24) is 19.9 Å². The van der Waals surface area contributed by atoms with Crippen molar-refractivity contribution >= 4 is 11.6 Å². The molecule has 6 nitrogen and oxygen atoms in total. The second-order valence-corrected chi connectivity index (χ2v) is 6.52. The number of carbonyl (C=O) groups is 1. The first-order chi connectivity index (χ1) is 13.3. The molecule has 0 atom stereocenters. The molecule has 0 saturated heterocycles. The zero-order valence-electron chi connectivity index (χ0n) is 15.3. The SMILES string of the molecule is CC(C)c1ccccc1OCC(=O)NCc1nnc2ccc(C(F)(F)F)cn12. The molecule has 0 bridgehead atoms. The summed E-state index contributed by atoms with van der Waals surface area (Å²) in [6.07, 6.45) is -3.57. The second-order valence-electron chi connectivity index (χ2n) is 6.52. The summed E-state index contributed by atoms with van der Waals surface area (Å²) in [5.41, 5.74) is 0.429. The molecule has 0 spiro atoms. The van der Waals surface area contributed by atoms with Gasteiger partial charge in [0.15, 0.2) is 18.1 Å². The summed E-state index contributed by atoms with van der Waals surface area (Å²) in [6, 6.07) is 9.60. The fourth-order valence-corrected chi connectivity index (χ4v) is 2.69. The Labute approximate surface area is 159 Å². The molecule has 0 unspecified atom stereocenters. The van der Waals surface area contributed by atoms with Crippen LogP contribution in [0.25, 0.3) is 5.65 Å². The maximum absolute atomic E-state index is 12.9. The quantitative estimate of drug-likeness (QED) is 0.696. The number of nitrogens with one attached hydrogen (secondary N) is 1. The summed E-state index contributed by atoms with van der Waals surface area (Å²) in [6.45, 7) is 3.76. The van der Waals surface area contributed by atoms with E-state index in [9.17, 15) is 18.0 Å². The van der Waals surface area contributed by atoms with Crippen LogP contribution in [0.3, 0.4) is 0 Å². The number of fused-ring (bicyclic) bond motifs is 1. The highest BCUT2D eigenvalue weighted by Gasteiger charge is 2.31. The van der Waals surface area contributed by atoms with E-state index < -0.39 is 17.6 Å². The molecular formula is C19H19F3N4O2. The number of rotatable bonds is 6. The van der Waals surface area contributed by atoms with Crippen molar-refractivity contribution in [2.24, 2.45) is 0 Å². The number of pyridine rings is 1. The maximum Gasteiger partial charge on any atom is 0.417 e. The van der Waals surface area contributed by atoms with Crippen LogP contribution in [0, 0.1) is 0 Å². The van der Waals surface area contributed by atoms with E-state index in [0.717, 1.165) is 17.8 Å². The lowest BCUT2D eigenvalue weighted by Gasteiger charge is -2.13. The summed E-state index contributed by atoms with van der Waals surface area (Å²) in [7, 11) is 0. The van der Waals surface area contributed by atoms with E-state index in [2.05, 4.69) is 15.5 Å². The second kappa shape index (κ2) is 7.87. The number of nitrogens with zero attached hydrogens (tertiary/aromatic N) is 3. The lowest BCUT2D eigenvalue weighted by Crippen LogP contribution is -2.29. The Balaban J connectivity index is 1.64. The Morgan fingerprint density at radius 2 is 1.93 bits per heavy atom. The smallest absolute Gasteiger partial charge is 0.417 e. The Morgan fingerprint density at radius 1 is 1.18 bits per heavy atom. The third kappa shape index (κ3) is 4.41. The van der Waals surface area contributed by atoms with Gasteiger partial charge in [-0.05, 0) is 29.7 Å². The topological polar surface area (TPSA) is 68.5 Å². The molecule has 0 radical (unpaired) electrons. The average molecular weight is 392 g/mol. The number of aromatic nitrogens is 3. The fourth-order valence-electron chi connectivity index (χ4n) is 2.69. The fraction of sp³-hybridized carbons (Fsp3) is 0.316. The largest absolute Gasteiger partial charge is 0.483 e. The molecule has 1 amide bonds. The predicted octanol–water partition coefficient (Wildman–Crippen LogP) is 3.57. The van der Waals surface area contributed by atoms with Gasteiger partial charge < -0.3 is 10.1 Å². The van der Waals surface area contributed by atoms with Crippen molar-refractivity contribution in [2.45, 2.75) is 32.5 Å². The van der Waals surface area contributed by atoms with E-state index in [1.54, 1.807) is 6.07 Å². The Kier molecular flexibility index (Phi) is 5.53. The minimum atomic E-state index is -4.48. The highest BCUT2D eigenvalue weighted by Crippen LogP contribution is 2.29. The molecule has 3 rings (SSSR count). The van der Waals surface area contributed by atoms with Gasteiger partial charge in [-0.15, -0.1) is 10.2 Å². The highest BCUT2D eigenvalue weighted by molar-refractivity contribution is 5.77. The Bertz CT molecular complexity index is 983. The summed E-state index contributed by atoms with van der Waals surface area (Å²) in [5.74, 6) is 0.638. The number of ether oxygens (including phenoxy) is 1. The molecule has 0 saturated carbocycles. The number of para-hydroxylation sites is 1. The van der Waals surface area contributed by atoms with E-state index in [0.29, 0.717) is 5.75 Å². The molecule has 28 heavy (non-hydrogen) atoms. The maximum atomic E-state index is 12.9. The van der Waals surface area contributed by atoms with Crippen LogP contribution in [0.4, 0.5) is 13.2 Å². The van der Waals surface area contributed by atoms with Crippen molar-refractivity contribution in [3.63, 3.8) is 0 Å². The van der Waals surface area contributed by atoms with Gasteiger partial charge in [-0.2, -0.15) is 13.2 Å². The first-order valence-electron chi connectivity index (χ1n) is 8.65. The van der Waals surface area contributed by atoms with Crippen molar-refractivity contribution in [3.8, 4) is 5.75 Å². The van der Waals surface area contributed by atoms with Crippen LogP contribution >= 0.6 is 0 Å². The molecule has 1 N–H and O–H groups in total. The van der Waals surface area contributed by atoms with Crippen molar-refractivity contribution in [2.75, 3.05) is 6.61 Å². The zero-order valence-corrected chi connectivity index (χ0v) is 15.3. The van der Waals surface area contributed by atoms with Crippen molar-refractivity contribution < 1.29 is 22.7 Å². The minimum Gasteiger partial charge on any atom is -0.483 e. The van der Waals surface area contributed by atoms with Gasteiger partial charge in [0.1, 0.15) is 5.75 Å². The van der Waals surface area contributed by atoms with E-state index in [4.69, 9.17) is 4.74 Å². The molecule has 9 heteroatoms. The van der Waals surface area contributed by atoms with E-state index in [1.807, 2.05) is 32.0 Å². The standard InChI is InChI=1S/C19H19F3N4O2/c1-12(2)14-5-3-4-6-15(14)28-11-18(27)23-9-17-25-24-16-8-7-13(10-26(16)17)19(20,21)22/h3-8,10,12H,9,11H2,1-2H3,(H,23,27). The minimum absolute atomic E-state index is 0.0729. The van der Waals surface area contributed by atoms with E-state index in [-0.39, 0.29) is 30.5 Å². The monoisotopic (exact) mass is 392 g/mol. The normalized spacial score (nSPS) is 11.8. The van der Waals surface area contributed by atoms with Gasteiger partial charge in [-0.1, -0.05) is 32.0 Å². The van der Waals surface area contributed by atoms with Gasteiger partial charge in [-0.25, -0.2) is 0 Å². The van der Waals surface area contributed by atoms with Crippen LogP contribution in [0.2, 0.25) is 0 Å². The summed E-state index contributed by atoms with van der Waals surface area (Å²) >= 11 is 0. The number of halogens is 3. The van der Waals surface area contributed by atoms with Crippen LogP contribution in [-0.2, 0) is 17.5 Å². The average Bonchev–Trinajstić information content (AvgIpc) is 3.06. The molecular weight excluding hydrogens is 373 g/mol. The van der Waals surface area contributed by atoms with Gasteiger partial charge in [0.25, 0.3) is 5.91 Å². The number of hydrogen-bond donors (Lipinski definition) is 1. The number of hydrogen-bond acceptors (Lipinski definition) is 4. The van der Waals surface area contributed by atoms with Gasteiger partial charge in [0.05, 0.1) is 12.1 Å². The molecule has 2 aromatic heterocycles. The third-order valence-electron chi connectivity index (χ3n) is 4.14. The first kappa shape index (κ1) is 19.7. The number of carbonyl (C=O) groups excluding carboxylic acids is 1. The van der Waals surface area contributed by atoms with Gasteiger partial charge in [-0.3, -0.25) is 9.20 Å². The van der Waals surface area contributed by atoms with Crippen molar-refractivity contribution in [1.29, 1.82) is 0 Å². The predicted molar refractivity (Wildman–Crippen MR) is 95.9 cm³/mol. The highest BCUT2D eigenvalue weighted by atomic mass is 19.4. The van der Waals surface area contributed by atoms with Crippen LogP contribution in [0.15, 0.2) is 42.6 Å². The lowest BCUT2D eigenvalue weighted by molar-refractivity contribution is -0.137. The van der Waals surface area contributed by atoms with Crippen LogP contribution < -0.4 is 10.1 Å². The Hall–Kier alpha value is -3.10. The van der Waals surface area contributed by atoms with Crippen LogP contribution in [0.1, 0.15) is 36.7 Å². The van der Waals surface area contributed by atoms with Crippen LogP contribution in [-0.4, -0.2) is 27.1 Å². The molecule has 0 fully saturated rings. The summed E-state index contributed by atoms with van der Waals surface area (Å²) in [5, 5.41) is 10.2. The number of amides is 1. The molecule has 0 aliphatic heterocycles. The Morgan fingerprint density at radius 3 is 2.64 bits per heavy atom. The van der Waals surface area contributed by atoms with Crippen LogP contribution in [0.5, 0.6) is 5.75 Å². The van der Waals surface area contributed by atoms with Crippen molar-refractivity contribution in [3.05, 3.63) is 59.5 Å². The van der Waals surface area contributed by atoms with Gasteiger partial charge in [0.2, 0.25) is 0 Å². The first-order valence-corrected chi connectivity index (χ1v) is 8.65. The number of alkyl halides is 3. The molecule has 0 aliphatic carbocycles. The molecule has 148 valence electrons. The summed E-state index contributed by atoms with van der Waals surface area (Å²) < 4.78 is 45.4. The molecule has 1 aromatic carbocycles. The molecule has 3 aromatic rings.